The highest BCUT2D eigenvalue weighted by Gasteiger charge is 2.39. The van der Waals surface area contributed by atoms with Crippen molar-refractivity contribution in [1.82, 2.24) is 35.4 Å². The highest BCUT2D eigenvalue weighted by molar-refractivity contribution is 5.90. The lowest BCUT2D eigenvalue weighted by molar-refractivity contribution is -0.274. The zero-order valence-corrected chi connectivity index (χ0v) is 22.0. The molecule has 1 fully saturated rings. The normalized spacial score (nSPS) is 17.5. The van der Waals surface area contributed by atoms with Gasteiger partial charge in [0.2, 0.25) is 5.89 Å². The van der Waals surface area contributed by atoms with Crippen molar-refractivity contribution in [2.45, 2.75) is 64.2 Å². The number of amides is 2. The van der Waals surface area contributed by atoms with Crippen molar-refractivity contribution < 1.29 is 36.7 Å². The number of allylic oxidation sites excluding steroid dienone is 1. The van der Waals surface area contributed by atoms with Gasteiger partial charge in [-0.3, -0.25) is 9.48 Å². The molecule has 12 nitrogen and oxygen atoms in total. The van der Waals surface area contributed by atoms with Crippen LogP contribution in [-0.2, 0) is 17.7 Å². The Morgan fingerprint density at radius 2 is 2.02 bits per heavy atom. The number of ether oxygens (including phenoxy) is 2. The minimum atomic E-state index is -4.89. The van der Waals surface area contributed by atoms with E-state index in [0.717, 1.165) is 12.1 Å². The Labute approximate surface area is 227 Å². The summed E-state index contributed by atoms with van der Waals surface area (Å²) in [4.78, 5) is 27.4. The van der Waals surface area contributed by atoms with Crippen LogP contribution in [0.5, 0.6) is 5.75 Å². The molecule has 0 aliphatic carbocycles. The minimum absolute atomic E-state index is 0.154. The third-order valence-electron chi connectivity index (χ3n) is 5.78. The second-order valence-electron chi connectivity index (χ2n) is 10.1. The van der Waals surface area contributed by atoms with E-state index < -0.39 is 41.6 Å². The van der Waals surface area contributed by atoms with Crippen LogP contribution in [0, 0.1) is 0 Å². The van der Waals surface area contributed by atoms with Gasteiger partial charge in [-0.2, -0.15) is 0 Å². The summed E-state index contributed by atoms with van der Waals surface area (Å²) < 4.78 is 54.9. The second kappa shape index (κ2) is 11.4. The molecule has 0 spiro atoms. The number of hydrogen-bond donors (Lipinski definition) is 1. The van der Waals surface area contributed by atoms with Gasteiger partial charge in [-0.25, -0.2) is 4.79 Å². The lowest BCUT2D eigenvalue weighted by Gasteiger charge is -2.28. The van der Waals surface area contributed by atoms with Crippen LogP contribution >= 0.6 is 0 Å². The maximum absolute atomic E-state index is 13.0. The number of carbonyl (C=O) groups excluding carboxylic acids is 2. The Hall–Kier alpha value is -4.43. The number of benzene rings is 1. The number of hydrogen-bond acceptors (Lipinski definition) is 9. The van der Waals surface area contributed by atoms with Gasteiger partial charge in [-0.1, -0.05) is 17.4 Å². The SMILES string of the molecule is C=CCc1ccc(OC(F)(F)F)cc1-c1nnc(C(=O)NC2C[C@H](Cn3ccnn3)N(C(=O)OC(C)(C)C)C2)o1. The molecule has 1 N–H and O–H groups in total. The molecule has 0 saturated carbocycles. The number of halogens is 3. The number of rotatable bonds is 8. The number of likely N-dealkylation sites (tertiary alicyclic amines) is 1. The smallest absolute Gasteiger partial charge is 0.444 e. The molecule has 1 aromatic carbocycles. The van der Waals surface area contributed by atoms with Gasteiger partial charge in [0.1, 0.15) is 11.4 Å². The predicted molar refractivity (Wildman–Crippen MR) is 133 cm³/mol. The fraction of sp³-hybridized carbons (Fsp3) is 0.440. The van der Waals surface area contributed by atoms with Gasteiger partial charge < -0.3 is 24.1 Å². The highest BCUT2D eigenvalue weighted by atomic mass is 19.4. The fourth-order valence-corrected chi connectivity index (χ4v) is 4.24. The van der Waals surface area contributed by atoms with Crippen molar-refractivity contribution in [3.05, 3.63) is 54.7 Å². The maximum Gasteiger partial charge on any atom is 0.573 e. The molecule has 0 bridgehead atoms. The zero-order chi connectivity index (χ0) is 29.1. The fourth-order valence-electron chi connectivity index (χ4n) is 4.24. The Bertz CT molecular complexity index is 1350. The summed E-state index contributed by atoms with van der Waals surface area (Å²) in [6.45, 7) is 9.39. The summed E-state index contributed by atoms with van der Waals surface area (Å²) in [5.74, 6) is -1.75. The summed E-state index contributed by atoms with van der Waals surface area (Å²) in [5.41, 5.74) is -0.0125. The van der Waals surface area contributed by atoms with E-state index in [2.05, 4.69) is 37.1 Å². The van der Waals surface area contributed by atoms with Gasteiger partial charge in [-0.15, -0.1) is 35.0 Å². The topological polar surface area (TPSA) is 138 Å². The van der Waals surface area contributed by atoms with Gasteiger partial charge >= 0.3 is 24.3 Å². The van der Waals surface area contributed by atoms with E-state index in [4.69, 9.17) is 9.15 Å². The average Bonchev–Trinajstić information content (AvgIpc) is 3.60. The number of nitrogens with one attached hydrogen (secondary N) is 1. The number of nitrogens with zero attached hydrogens (tertiary/aromatic N) is 6. The van der Waals surface area contributed by atoms with Crippen LogP contribution in [0.1, 0.15) is 43.4 Å². The van der Waals surface area contributed by atoms with Crippen LogP contribution in [0.3, 0.4) is 0 Å². The van der Waals surface area contributed by atoms with Gasteiger partial charge in [0.15, 0.2) is 0 Å². The summed E-state index contributed by atoms with van der Waals surface area (Å²) in [7, 11) is 0. The first kappa shape index (κ1) is 28.6. The molecule has 15 heteroatoms. The van der Waals surface area contributed by atoms with Crippen molar-refractivity contribution >= 4 is 12.0 Å². The van der Waals surface area contributed by atoms with Crippen molar-refractivity contribution in [2.24, 2.45) is 0 Å². The van der Waals surface area contributed by atoms with E-state index in [-0.39, 0.29) is 24.0 Å². The van der Waals surface area contributed by atoms with Crippen LogP contribution < -0.4 is 10.1 Å². The monoisotopic (exact) mass is 563 g/mol. The van der Waals surface area contributed by atoms with E-state index in [1.165, 1.54) is 17.2 Å². The maximum atomic E-state index is 13.0. The van der Waals surface area contributed by atoms with Gasteiger partial charge in [0, 0.05) is 24.3 Å². The molecule has 2 aromatic heterocycles. The van der Waals surface area contributed by atoms with Gasteiger partial charge in [0.05, 0.1) is 18.8 Å². The first-order valence-corrected chi connectivity index (χ1v) is 12.3. The Kier molecular flexibility index (Phi) is 8.11. The first-order chi connectivity index (χ1) is 18.8. The van der Waals surface area contributed by atoms with E-state index in [9.17, 15) is 22.8 Å². The van der Waals surface area contributed by atoms with Crippen molar-refractivity contribution in [3.63, 3.8) is 0 Å². The molecular formula is C25H28F3N7O5. The molecule has 2 atom stereocenters. The third kappa shape index (κ3) is 7.36. The van der Waals surface area contributed by atoms with Gasteiger partial charge in [0.25, 0.3) is 0 Å². The lowest BCUT2D eigenvalue weighted by atomic mass is 10.0. The van der Waals surface area contributed by atoms with Gasteiger partial charge in [-0.05, 0) is 51.3 Å². The third-order valence-corrected chi connectivity index (χ3v) is 5.78. The summed E-state index contributed by atoms with van der Waals surface area (Å²) >= 11 is 0. The van der Waals surface area contributed by atoms with E-state index >= 15 is 0 Å². The molecule has 1 aliphatic heterocycles. The Morgan fingerprint density at radius 1 is 1.25 bits per heavy atom. The molecule has 0 radical (unpaired) electrons. The molecule has 214 valence electrons. The van der Waals surface area contributed by atoms with Crippen LogP contribution in [0.25, 0.3) is 11.5 Å². The van der Waals surface area contributed by atoms with E-state index in [1.54, 1.807) is 37.7 Å². The summed E-state index contributed by atoms with van der Waals surface area (Å²) in [6, 6.07) is 2.85. The highest BCUT2D eigenvalue weighted by Crippen LogP contribution is 2.31. The largest absolute Gasteiger partial charge is 0.573 e. The first-order valence-electron chi connectivity index (χ1n) is 12.3. The van der Waals surface area contributed by atoms with Crippen molar-refractivity contribution in [1.29, 1.82) is 0 Å². The predicted octanol–water partition coefficient (Wildman–Crippen LogP) is 3.76. The zero-order valence-electron chi connectivity index (χ0n) is 22.0. The number of carbonyl (C=O) groups is 2. The van der Waals surface area contributed by atoms with Crippen molar-refractivity contribution in [3.8, 4) is 17.2 Å². The Morgan fingerprint density at radius 3 is 2.67 bits per heavy atom. The molecule has 1 unspecified atom stereocenters. The lowest BCUT2D eigenvalue weighted by Crippen LogP contribution is -2.43. The van der Waals surface area contributed by atoms with Crippen LogP contribution in [0.15, 0.2) is 47.7 Å². The van der Waals surface area contributed by atoms with Crippen LogP contribution in [-0.4, -0.2) is 72.7 Å². The molecule has 1 saturated heterocycles. The molecule has 40 heavy (non-hydrogen) atoms. The molecule has 2 amide bonds. The number of alkyl halides is 3. The minimum Gasteiger partial charge on any atom is -0.444 e. The average molecular weight is 564 g/mol. The summed E-state index contributed by atoms with van der Waals surface area (Å²) in [6.07, 6.45) is -0.0198. The quantitative estimate of drug-likeness (QED) is 0.406. The van der Waals surface area contributed by atoms with E-state index in [1.807, 2.05) is 0 Å². The molecule has 3 aromatic rings. The van der Waals surface area contributed by atoms with Crippen molar-refractivity contribution in [2.75, 3.05) is 6.54 Å². The molecule has 1 aliphatic rings. The molecule has 3 heterocycles. The second-order valence-corrected chi connectivity index (χ2v) is 10.1. The number of aromatic nitrogens is 5. The Balaban J connectivity index is 1.50. The molecular weight excluding hydrogens is 535 g/mol. The van der Waals surface area contributed by atoms with E-state index in [0.29, 0.717) is 24.9 Å². The molecule has 4 rings (SSSR count). The van der Waals surface area contributed by atoms with Crippen LogP contribution in [0.2, 0.25) is 0 Å². The van der Waals surface area contributed by atoms with Crippen LogP contribution in [0.4, 0.5) is 18.0 Å². The standard InChI is InChI=1S/C25H28F3N7O5/c1-5-6-15-7-8-18(39-25(26,27)28)12-19(15)21-31-32-22(38-21)20(36)30-16-11-17(14-34-10-9-29-33-34)35(13-16)23(37)40-24(2,3)4/h5,7-10,12,16-17H,1,6,11,13-14H2,2-4H3,(H,30,36)/t16?,17-/m1/s1. The summed E-state index contributed by atoms with van der Waals surface area (Å²) in [5, 5.41) is 18.1.